The molecular formula is C32H46N8O6S3. The minimum absolute atomic E-state index is 0.0314. The Morgan fingerprint density at radius 3 is 2.73 bits per heavy atom. The molecule has 0 bridgehead atoms. The van der Waals surface area contributed by atoms with Crippen LogP contribution in [0.1, 0.15) is 31.4 Å². The first-order chi connectivity index (χ1) is 23.4. The molecule has 5 atom stereocenters. The number of carbonyl (C=O) groups excluding carboxylic acids is 2. The van der Waals surface area contributed by atoms with Gasteiger partial charge in [-0.2, -0.15) is 16.1 Å². The van der Waals surface area contributed by atoms with Crippen molar-refractivity contribution in [3.05, 3.63) is 71.5 Å². The molecule has 268 valence electrons. The number of thioether (sulfide) groups is 1. The van der Waals surface area contributed by atoms with Gasteiger partial charge >= 0.3 is 6.03 Å². The van der Waals surface area contributed by atoms with Crippen molar-refractivity contribution >= 4 is 43.6 Å². The Hall–Kier alpha value is -3.25. The van der Waals surface area contributed by atoms with Gasteiger partial charge in [-0.05, 0) is 38.6 Å². The lowest BCUT2D eigenvalue weighted by Gasteiger charge is -2.35. The molecule has 14 nitrogen and oxygen atoms in total. The fourth-order valence-corrected chi connectivity index (χ4v) is 10.9. The largest absolute Gasteiger partial charge is 0.354 e. The van der Waals surface area contributed by atoms with E-state index in [2.05, 4.69) is 32.8 Å². The molecule has 4 aliphatic rings. The minimum Gasteiger partial charge on any atom is -0.354 e. The van der Waals surface area contributed by atoms with Gasteiger partial charge in [-0.1, -0.05) is 48.1 Å². The third-order valence-corrected chi connectivity index (χ3v) is 14.0. The number of aromatic nitrogens is 3. The zero-order chi connectivity index (χ0) is 35.2. The normalized spacial score (nSPS) is 24.7. The molecule has 0 saturated carbocycles. The van der Waals surface area contributed by atoms with Gasteiger partial charge in [0.15, 0.2) is 9.84 Å². The zero-order valence-electron chi connectivity index (χ0n) is 27.9. The molecule has 0 aromatic carbocycles. The highest BCUT2D eigenvalue weighted by molar-refractivity contribution is 8.00. The van der Waals surface area contributed by atoms with Crippen molar-refractivity contribution < 1.29 is 26.4 Å². The van der Waals surface area contributed by atoms with Gasteiger partial charge < -0.3 is 20.9 Å². The summed E-state index contributed by atoms with van der Waals surface area (Å²) in [5.74, 6) is 0.0357. The Balaban J connectivity index is 1.15. The Morgan fingerprint density at radius 1 is 1.16 bits per heavy atom. The van der Waals surface area contributed by atoms with Crippen LogP contribution >= 0.6 is 11.8 Å². The third kappa shape index (κ3) is 9.31. The zero-order valence-corrected chi connectivity index (χ0v) is 30.4. The van der Waals surface area contributed by atoms with E-state index in [-0.39, 0.29) is 65.5 Å². The van der Waals surface area contributed by atoms with Gasteiger partial charge in [-0.15, -0.1) is 11.7 Å². The lowest BCUT2D eigenvalue weighted by Crippen LogP contribution is -2.40. The summed E-state index contributed by atoms with van der Waals surface area (Å²) in [6.45, 7) is 3.71. The van der Waals surface area contributed by atoms with Crippen molar-refractivity contribution in [2.24, 2.45) is 5.92 Å². The maximum Gasteiger partial charge on any atom is 0.315 e. The van der Waals surface area contributed by atoms with Gasteiger partial charge in [0.1, 0.15) is 0 Å². The average molecular weight is 735 g/mol. The predicted octanol–water partition coefficient (Wildman–Crippen LogP) is 1.35. The van der Waals surface area contributed by atoms with Crippen LogP contribution in [0.3, 0.4) is 0 Å². The van der Waals surface area contributed by atoms with Gasteiger partial charge in [-0.25, -0.2) is 21.6 Å². The van der Waals surface area contributed by atoms with E-state index < -0.39 is 19.9 Å². The van der Waals surface area contributed by atoms with Crippen molar-refractivity contribution in [3.63, 3.8) is 0 Å². The van der Waals surface area contributed by atoms with E-state index in [1.54, 1.807) is 24.4 Å². The molecule has 2 saturated heterocycles. The molecule has 49 heavy (non-hydrogen) atoms. The number of amides is 3. The summed E-state index contributed by atoms with van der Waals surface area (Å²) < 4.78 is 56.2. The minimum atomic E-state index is -4.15. The number of likely N-dealkylation sites (N-methyl/N-ethyl adjacent to an activating group) is 1. The molecule has 3 amide bonds. The van der Waals surface area contributed by atoms with Crippen LogP contribution in [0.15, 0.2) is 65.8 Å². The number of hydrogen-bond donors (Lipinski definition) is 3. The average Bonchev–Trinajstić information content (AvgIpc) is 3.76. The monoisotopic (exact) mass is 734 g/mol. The van der Waals surface area contributed by atoms with E-state index in [0.29, 0.717) is 36.0 Å². The first-order valence-corrected chi connectivity index (χ1v) is 20.8. The molecule has 5 rings (SSSR count). The molecule has 1 aromatic rings. The number of fused-ring (bicyclic) bond motifs is 2. The number of rotatable bonds is 18. The van der Waals surface area contributed by atoms with Crippen LogP contribution in [0.5, 0.6) is 0 Å². The number of sulfonamides is 1. The SMILES string of the molecule is C=CCS(=O)(=O)CCN(Cc1cn(CCNC(=O)CCCCC2SCC3NC(=O)NC32)nn1)S(=O)(=O)C1=CC=CC2C1=CC=CC2N(C)C. The quantitative estimate of drug-likeness (QED) is 0.113. The van der Waals surface area contributed by atoms with Gasteiger partial charge in [0, 0.05) is 48.7 Å². The van der Waals surface area contributed by atoms with Gasteiger partial charge in [0.05, 0.1) is 47.3 Å². The van der Waals surface area contributed by atoms with E-state index in [9.17, 15) is 26.4 Å². The van der Waals surface area contributed by atoms with E-state index in [1.807, 2.05) is 49.0 Å². The molecule has 17 heteroatoms. The smallest absolute Gasteiger partial charge is 0.315 e. The topological polar surface area (TPSA) is 176 Å². The molecule has 3 N–H and O–H groups in total. The van der Waals surface area contributed by atoms with E-state index >= 15 is 0 Å². The van der Waals surface area contributed by atoms with Crippen molar-refractivity contribution in [2.45, 2.75) is 62.1 Å². The van der Waals surface area contributed by atoms with Crippen LogP contribution in [0.25, 0.3) is 0 Å². The number of allylic oxidation sites excluding steroid dienone is 5. The van der Waals surface area contributed by atoms with Crippen LogP contribution in [-0.4, -0.2) is 121 Å². The van der Waals surface area contributed by atoms with Crippen LogP contribution < -0.4 is 16.0 Å². The lowest BCUT2D eigenvalue weighted by molar-refractivity contribution is -0.121. The second kappa shape index (κ2) is 16.2. The molecular weight excluding hydrogens is 689 g/mol. The summed E-state index contributed by atoms with van der Waals surface area (Å²) in [5.41, 5.74) is 0.997. The molecule has 0 radical (unpaired) electrons. The second-order valence-corrected chi connectivity index (χ2v) is 18.2. The highest BCUT2D eigenvalue weighted by Crippen LogP contribution is 2.37. The number of nitrogens with one attached hydrogen (secondary N) is 3. The Bertz CT molecular complexity index is 1730. The van der Waals surface area contributed by atoms with Crippen molar-refractivity contribution in [1.82, 2.24) is 40.1 Å². The van der Waals surface area contributed by atoms with Crippen molar-refractivity contribution in [3.8, 4) is 0 Å². The Labute approximate surface area is 293 Å². The molecule has 3 heterocycles. The summed E-state index contributed by atoms with van der Waals surface area (Å²) in [7, 11) is -3.85. The Kier molecular flexibility index (Phi) is 12.2. The first-order valence-electron chi connectivity index (χ1n) is 16.5. The molecule has 2 aliphatic heterocycles. The highest BCUT2D eigenvalue weighted by atomic mass is 32.2. The van der Waals surface area contributed by atoms with E-state index in [0.717, 1.165) is 29.3 Å². The third-order valence-electron chi connectivity index (χ3n) is 9.07. The van der Waals surface area contributed by atoms with Crippen LogP contribution in [-0.2, 0) is 37.7 Å². The van der Waals surface area contributed by atoms with Crippen molar-refractivity contribution in [2.75, 3.05) is 44.4 Å². The number of carbonyl (C=O) groups is 2. The lowest BCUT2D eigenvalue weighted by atomic mass is 9.84. The number of urea groups is 1. The maximum atomic E-state index is 14.2. The van der Waals surface area contributed by atoms with Crippen LogP contribution in [0, 0.1) is 5.92 Å². The van der Waals surface area contributed by atoms with Gasteiger partial charge in [0.2, 0.25) is 15.9 Å². The van der Waals surface area contributed by atoms with Crippen molar-refractivity contribution in [1.29, 1.82) is 0 Å². The summed E-state index contributed by atoms with van der Waals surface area (Å²) >= 11 is 1.86. The maximum absolute atomic E-state index is 14.2. The molecule has 2 fully saturated rings. The second-order valence-electron chi connectivity index (χ2n) is 12.8. The van der Waals surface area contributed by atoms with Crippen LogP contribution in [0.2, 0.25) is 0 Å². The first kappa shape index (κ1) is 37.0. The molecule has 5 unspecified atom stereocenters. The summed E-state index contributed by atoms with van der Waals surface area (Å²) in [6.07, 6.45) is 16.8. The van der Waals surface area contributed by atoms with Gasteiger partial charge in [-0.3, -0.25) is 9.48 Å². The molecule has 2 aliphatic carbocycles. The summed E-state index contributed by atoms with van der Waals surface area (Å²) in [5, 5.41) is 17.5. The summed E-state index contributed by atoms with van der Waals surface area (Å²) in [6, 6.07) is 0.220. The predicted molar refractivity (Wildman–Crippen MR) is 191 cm³/mol. The molecule has 1 aromatic heterocycles. The fourth-order valence-electron chi connectivity index (χ4n) is 6.54. The van der Waals surface area contributed by atoms with Crippen LogP contribution in [0.4, 0.5) is 4.79 Å². The van der Waals surface area contributed by atoms with E-state index in [1.165, 1.54) is 10.8 Å². The number of hydrogen-bond acceptors (Lipinski definition) is 10. The standard InChI is InChI=1S/C32H46N8O6S3/c1-4-18-48(43,44)19-17-40(49(45,46)29-13-8-9-24-25(29)10-7-11-27(24)38(2)3)21-23-20-39(37-36-23)16-15-33-30(41)14-6-5-12-28-31-26(22-47-28)34-32(42)35-31/h4,7-11,13,20,24,26-28,31H,1,5-6,12,14-19,21-22H2,2-3H3,(H,33,41)(H2,34,35,42). The number of nitrogens with zero attached hydrogens (tertiary/aromatic N) is 5. The highest BCUT2D eigenvalue weighted by Gasteiger charge is 2.42. The van der Waals surface area contributed by atoms with E-state index in [4.69, 9.17) is 0 Å². The molecule has 0 spiro atoms. The number of sulfone groups is 1. The fraction of sp³-hybridized carbons (Fsp3) is 0.562. The number of unbranched alkanes of at least 4 members (excludes halogenated alkanes) is 1. The Morgan fingerprint density at radius 2 is 1.96 bits per heavy atom. The van der Waals surface area contributed by atoms with Gasteiger partial charge in [0.25, 0.3) is 0 Å². The summed E-state index contributed by atoms with van der Waals surface area (Å²) in [4.78, 5) is 26.2.